The summed E-state index contributed by atoms with van der Waals surface area (Å²) in [6.45, 7) is 1.98. The number of nitrogens with zero attached hydrogens (tertiary/aromatic N) is 1. The highest BCUT2D eigenvalue weighted by molar-refractivity contribution is 6.26. The molecule has 0 saturated heterocycles. The second-order valence-electron chi connectivity index (χ2n) is 3.97. The summed E-state index contributed by atoms with van der Waals surface area (Å²) in [5.74, 6) is -1.73. The standard InChI is InChI=1S/C13H14ClNO6/c1-2-20-12(16)6-4-9-3-5-11(21-13(17)8-14)10(7-9)15(18)19/h3,5,7H,2,4,6,8H2,1H3. The van der Waals surface area contributed by atoms with E-state index in [4.69, 9.17) is 21.1 Å². The molecule has 0 aliphatic carbocycles. The fourth-order valence-corrected chi connectivity index (χ4v) is 1.63. The van der Waals surface area contributed by atoms with Crippen LogP contribution < -0.4 is 4.74 Å². The first kappa shape index (κ1) is 16.9. The van der Waals surface area contributed by atoms with E-state index in [1.54, 1.807) is 13.0 Å². The summed E-state index contributed by atoms with van der Waals surface area (Å²) in [5, 5.41) is 11.0. The van der Waals surface area contributed by atoms with Crippen LogP contribution in [0, 0.1) is 10.1 Å². The molecule has 0 bridgehead atoms. The van der Waals surface area contributed by atoms with E-state index in [0.717, 1.165) is 0 Å². The summed E-state index contributed by atoms with van der Waals surface area (Å²) in [6, 6.07) is 4.11. The lowest BCUT2D eigenvalue weighted by Crippen LogP contribution is -2.10. The van der Waals surface area contributed by atoms with Crippen LogP contribution in [0.25, 0.3) is 0 Å². The molecular formula is C13H14ClNO6. The van der Waals surface area contributed by atoms with Crippen LogP contribution in [0.15, 0.2) is 18.2 Å². The molecule has 0 spiro atoms. The molecule has 0 radical (unpaired) electrons. The lowest BCUT2D eigenvalue weighted by molar-refractivity contribution is -0.385. The van der Waals surface area contributed by atoms with Crippen molar-refractivity contribution in [3.8, 4) is 5.75 Å². The molecular weight excluding hydrogens is 302 g/mol. The second-order valence-corrected chi connectivity index (χ2v) is 4.24. The Morgan fingerprint density at radius 1 is 1.33 bits per heavy atom. The Morgan fingerprint density at radius 3 is 2.62 bits per heavy atom. The highest BCUT2D eigenvalue weighted by Gasteiger charge is 2.18. The fraction of sp³-hybridized carbons (Fsp3) is 0.385. The van der Waals surface area contributed by atoms with Gasteiger partial charge in [-0.3, -0.25) is 19.7 Å². The number of hydrogen-bond acceptors (Lipinski definition) is 6. The lowest BCUT2D eigenvalue weighted by atomic mass is 10.1. The molecule has 0 aromatic heterocycles. The molecule has 21 heavy (non-hydrogen) atoms. The van der Waals surface area contributed by atoms with Gasteiger partial charge in [0.2, 0.25) is 5.75 Å². The van der Waals surface area contributed by atoms with Gasteiger partial charge in [-0.05, 0) is 25.0 Å². The van der Waals surface area contributed by atoms with Crippen LogP contribution in [0.2, 0.25) is 0 Å². The van der Waals surface area contributed by atoms with Gasteiger partial charge in [-0.2, -0.15) is 0 Å². The SMILES string of the molecule is CCOC(=O)CCc1ccc(OC(=O)CCl)c([N+](=O)[O-])c1. The number of benzene rings is 1. The van der Waals surface area contributed by atoms with Gasteiger partial charge in [-0.1, -0.05) is 6.07 Å². The Balaban J connectivity index is 2.85. The van der Waals surface area contributed by atoms with Crippen LogP contribution in [0.3, 0.4) is 0 Å². The number of hydrogen-bond donors (Lipinski definition) is 0. The summed E-state index contributed by atoms with van der Waals surface area (Å²) in [4.78, 5) is 32.6. The molecule has 0 heterocycles. The number of ether oxygens (including phenoxy) is 2. The van der Waals surface area contributed by atoms with Crippen molar-refractivity contribution in [3.05, 3.63) is 33.9 Å². The third-order valence-corrected chi connectivity index (χ3v) is 2.69. The minimum atomic E-state index is -0.779. The van der Waals surface area contributed by atoms with Gasteiger partial charge in [0.15, 0.2) is 0 Å². The zero-order valence-corrected chi connectivity index (χ0v) is 12.1. The number of carbonyl (C=O) groups excluding carboxylic acids is 2. The highest BCUT2D eigenvalue weighted by Crippen LogP contribution is 2.28. The number of rotatable bonds is 7. The zero-order valence-electron chi connectivity index (χ0n) is 11.3. The van der Waals surface area contributed by atoms with Gasteiger partial charge in [-0.25, -0.2) is 0 Å². The molecule has 0 fully saturated rings. The van der Waals surface area contributed by atoms with E-state index in [9.17, 15) is 19.7 Å². The van der Waals surface area contributed by atoms with Gasteiger partial charge in [0.05, 0.1) is 11.5 Å². The topological polar surface area (TPSA) is 95.7 Å². The normalized spacial score (nSPS) is 10.0. The van der Waals surface area contributed by atoms with Crippen molar-refractivity contribution in [2.45, 2.75) is 19.8 Å². The van der Waals surface area contributed by atoms with Crippen molar-refractivity contribution in [1.82, 2.24) is 0 Å². The van der Waals surface area contributed by atoms with Gasteiger partial charge in [0.1, 0.15) is 5.88 Å². The van der Waals surface area contributed by atoms with Crippen LogP contribution in [0.4, 0.5) is 5.69 Å². The van der Waals surface area contributed by atoms with Gasteiger partial charge in [0.25, 0.3) is 0 Å². The molecule has 0 saturated carbocycles. The van der Waals surface area contributed by atoms with Crippen molar-refractivity contribution in [2.24, 2.45) is 0 Å². The number of alkyl halides is 1. The summed E-state index contributed by atoms with van der Waals surface area (Å²) in [6.07, 6.45) is 0.412. The van der Waals surface area contributed by atoms with E-state index < -0.39 is 16.8 Å². The van der Waals surface area contributed by atoms with Gasteiger partial charge >= 0.3 is 17.6 Å². The van der Waals surface area contributed by atoms with Crippen LogP contribution >= 0.6 is 11.6 Å². The Bertz CT molecular complexity index is 545. The molecule has 114 valence electrons. The maximum atomic E-state index is 11.2. The van der Waals surface area contributed by atoms with Crippen LogP contribution in [0.5, 0.6) is 5.75 Å². The molecule has 8 heteroatoms. The first-order chi connectivity index (χ1) is 9.97. The smallest absolute Gasteiger partial charge is 0.326 e. The number of nitro benzene ring substituents is 1. The number of aryl methyl sites for hydroxylation is 1. The number of halogens is 1. The Hall–Kier alpha value is -2.15. The molecule has 1 aromatic rings. The lowest BCUT2D eigenvalue weighted by Gasteiger charge is -2.06. The van der Waals surface area contributed by atoms with Crippen LogP contribution in [-0.2, 0) is 20.7 Å². The van der Waals surface area contributed by atoms with Crippen molar-refractivity contribution >= 4 is 29.2 Å². The molecule has 0 aliphatic heterocycles. The molecule has 7 nitrogen and oxygen atoms in total. The van der Waals surface area contributed by atoms with Gasteiger partial charge in [0, 0.05) is 12.5 Å². The van der Waals surface area contributed by atoms with Crippen molar-refractivity contribution in [3.63, 3.8) is 0 Å². The third kappa shape index (κ3) is 5.39. The number of nitro groups is 1. The van der Waals surface area contributed by atoms with E-state index in [-0.39, 0.29) is 30.4 Å². The molecule has 1 aromatic carbocycles. The average Bonchev–Trinajstić information content (AvgIpc) is 2.46. The molecule has 0 N–H and O–H groups in total. The first-order valence-electron chi connectivity index (χ1n) is 6.17. The minimum absolute atomic E-state index is 0.117. The van der Waals surface area contributed by atoms with Gasteiger partial charge in [-0.15, -0.1) is 11.6 Å². The maximum Gasteiger partial charge on any atom is 0.326 e. The molecule has 0 aliphatic rings. The molecule has 0 atom stereocenters. The van der Waals surface area contributed by atoms with Crippen LogP contribution in [-0.4, -0.2) is 29.3 Å². The van der Waals surface area contributed by atoms with Gasteiger partial charge < -0.3 is 9.47 Å². The van der Waals surface area contributed by atoms with E-state index >= 15 is 0 Å². The predicted octanol–water partition coefficient (Wildman–Crippen LogP) is 2.23. The maximum absolute atomic E-state index is 11.2. The molecule has 1 rings (SSSR count). The minimum Gasteiger partial charge on any atom is -0.466 e. The van der Waals surface area contributed by atoms with Crippen molar-refractivity contribution in [1.29, 1.82) is 0 Å². The van der Waals surface area contributed by atoms with E-state index in [2.05, 4.69) is 0 Å². The summed E-state index contributed by atoms with van der Waals surface area (Å²) in [5.41, 5.74) is 0.218. The van der Waals surface area contributed by atoms with Crippen LogP contribution in [0.1, 0.15) is 18.9 Å². The summed E-state index contributed by atoms with van der Waals surface area (Å²) in [7, 11) is 0. The number of esters is 2. The quantitative estimate of drug-likeness (QED) is 0.252. The van der Waals surface area contributed by atoms with E-state index in [1.165, 1.54) is 12.1 Å². The van der Waals surface area contributed by atoms with Crippen molar-refractivity contribution < 1.29 is 24.0 Å². The third-order valence-electron chi connectivity index (χ3n) is 2.48. The largest absolute Gasteiger partial charge is 0.466 e. The zero-order chi connectivity index (χ0) is 15.8. The molecule has 0 amide bonds. The Kier molecular flexibility index (Phi) is 6.61. The van der Waals surface area contributed by atoms with E-state index in [1.807, 2.05) is 0 Å². The predicted molar refractivity (Wildman–Crippen MR) is 74.4 cm³/mol. The summed E-state index contributed by atoms with van der Waals surface area (Å²) < 4.78 is 9.55. The summed E-state index contributed by atoms with van der Waals surface area (Å²) >= 11 is 5.28. The average molecular weight is 316 g/mol. The molecule has 0 unspecified atom stereocenters. The Labute approximate surface area is 125 Å². The second kappa shape index (κ2) is 8.21. The number of carbonyl (C=O) groups is 2. The first-order valence-corrected chi connectivity index (χ1v) is 6.71. The van der Waals surface area contributed by atoms with E-state index in [0.29, 0.717) is 12.0 Å². The fourth-order valence-electron chi connectivity index (χ4n) is 1.58. The van der Waals surface area contributed by atoms with Crippen molar-refractivity contribution in [2.75, 3.05) is 12.5 Å². The highest BCUT2D eigenvalue weighted by atomic mass is 35.5. The monoisotopic (exact) mass is 315 g/mol. The Morgan fingerprint density at radius 2 is 2.05 bits per heavy atom.